The fraction of sp³-hybridized carbons (Fsp3) is 0.385. The van der Waals surface area contributed by atoms with Crippen LogP contribution in [0.5, 0.6) is 0 Å². The molecule has 0 bridgehead atoms. The Morgan fingerprint density at radius 1 is 1.25 bits per heavy atom. The lowest BCUT2D eigenvalue weighted by Crippen LogP contribution is -2.23. The van der Waals surface area contributed by atoms with Gasteiger partial charge in [-0.05, 0) is 33.0 Å². The minimum absolute atomic E-state index is 0.0559. The lowest BCUT2D eigenvalue weighted by molar-refractivity contribution is -0.145. The molecule has 7 heteroatoms. The number of carbonyl (C=O) groups is 2. The summed E-state index contributed by atoms with van der Waals surface area (Å²) in [6.07, 6.45) is 0. The summed E-state index contributed by atoms with van der Waals surface area (Å²) >= 11 is 0. The third kappa shape index (κ3) is 3.64. The Balaban J connectivity index is 2.94. The molecular formula is C13H17NO5S. The predicted molar refractivity (Wildman–Crippen MR) is 72.8 cm³/mol. The Bertz CT molecular complexity index is 592. The van der Waals surface area contributed by atoms with Crippen LogP contribution in [0.1, 0.15) is 24.2 Å². The zero-order valence-electron chi connectivity index (χ0n) is 11.5. The van der Waals surface area contributed by atoms with Crippen molar-refractivity contribution in [3.8, 4) is 0 Å². The van der Waals surface area contributed by atoms with Gasteiger partial charge in [-0.3, -0.25) is 9.59 Å². The SMILES string of the molecule is CCOC(=O)C(C)C(=O)c1ccc(S(=O)(=O)NC)cc1. The zero-order chi connectivity index (χ0) is 15.3. The minimum Gasteiger partial charge on any atom is -0.465 e. The highest BCUT2D eigenvalue weighted by atomic mass is 32.2. The van der Waals surface area contributed by atoms with Crippen molar-refractivity contribution in [3.05, 3.63) is 29.8 Å². The summed E-state index contributed by atoms with van der Waals surface area (Å²) in [4.78, 5) is 23.6. The first-order chi connectivity index (χ1) is 9.33. The molecule has 110 valence electrons. The number of sulfonamides is 1. The van der Waals surface area contributed by atoms with Crippen LogP contribution in [0.15, 0.2) is 29.2 Å². The average Bonchev–Trinajstić information content (AvgIpc) is 2.46. The molecular weight excluding hydrogens is 282 g/mol. The van der Waals surface area contributed by atoms with Crippen molar-refractivity contribution in [1.82, 2.24) is 4.72 Å². The van der Waals surface area contributed by atoms with Crippen molar-refractivity contribution in [3.63, 3.8) is 0 Å². The van der Waals surface area contributed by atoms with Gasteiger partial charge < -0.3 is 4.74 Å². The van der Waals surface area contributed by atoms with Crippen LogP contribution in [0.4, 0.5) is 0 Å². The molecule has 1 rings (SSSR count). The van der Waals surface area contributed by atoms with Crippen LogP contribution in [0.2, 0.25) is 0 Å². The summed E-state index contributed by atoms with van der Waals surface area (Å²) in [5, 5.41) is 0. The molecule has 1 unspecified atom stereocenters. The molecule has 1 N–H and O–H groups in total. The maximum absolute atomic E-state index is 12.0. The van der Waals surface area contributed by atoms with Crippen molar-refractivity contribution in [2.75, 3.05) is 13.7 Å². The third-order valence-corrected chi connectivity index (χ3v) is 4.18. The first kappa shape index (κ1) is 16.3. The number of benzene rings is 1. The molecule has 6 nitrogen and oxygen atoms in total. The van der Waals surface area contributed by atoms with E-state index in [9.17, 15) is 18.0 Å². The van der Waals surface area contributed by atoms with Crippen molar-refractivity contribution in [2.24, 2.45) is 5.92 Å². The molecule has 0 saturated carbocycles. The molecule has 0 aliphatic carbocycles. The van der Waals surface area contributed by atoms with Gasteiger partial charge in [0, 0.05) is 5.56 Å². The molecule has 0 aliphatic heterocycles. The third-order valence-electron chi connectivity index (χ3n) is 2.75. The molecule has 0 aromatic heterocycles. The minimum atomic E-state index is -3.54. The van der Waals surface area contributed by atoms with Gasteiger partial charge in [0.05, 0.1) is 11.5 Å². The van der Waals surface area contributed by atoms with E-state index < -0.39 is 27.7 Å². The largest absolute Gasteiger partial charge is 0.465 e. The van der Waals surface area contributed by atoms with E-state index in [-0.39, 0.29) is 17.1 Å². The van der Waals surface area contributed by atoms with Crippen LogP contribution < -0.4 is 4.72 Å². The van der Waals surface area contributed by atoms with E-state index in [4.69, 9.17) is 4.74 Å². The van der Waals surface area contributed by atoms with Gasteiger partial charge in [-0.15, -0.1) is 0 Å². The maximum atomic E-state index is 12.0. The monoisotopic (exact) mass is 299 g/mol. The highest BCUT2D eigenvalue weighted by Crippen LogP contribution is 2.14. The first-order valence-electron chi connectivity index (χ1n) is 6.08. The van der Waals surface area contributed by atoms with E-state index in [2.05, 4.69) is 4.72 Å². The normalized spacial score (nSPS) is 12.8. The molecule has 1 atom stereocenters. The topological polar surface area (TPSA) is 89.5 Å². The van der Waals surface area contributed by atoms with E-state index in [1.54, 1.807) is 6.92 Å². The van der Waals surface area contributed by atoms with Gasteiger partial charge in [0.25, 0.3) is 0 Å². The lowest BCUT2D eigenvalue weighted by atomic mass is 10.00. The van der Waals surface area contributed by atoms with E-state index in [0.717, 1.165) is 0 Å². The average molecular weight is 299 g/mol. The number of hydrogen-bond acceptors (Lipinski definition) is 5. The van der Waals surface area contributed by atoms with Crippen LogP contribution in [-0.4, -0.2) is 33.8 Å². The number of hydrogen-bond donors (Lipinski definition) is 1. The zero-order valence-corrected chi connectivity index (χ0v) is 12.4. The fourth-order valence-electron chi connectivity index (χ4n) is 1.54. The Morgan fingerprint density at radius 2 is 1.80 bits per heavy atom. The van der Waals surface area contributed by atoms with Gasteiger partial charge >= 0.3 is 5.97 Å². The number of ether oxygens (including phenoxy) is 1. The van der Waals surface area contributed by atoms with Crippen LogP contribution >= 0.6 is 0 Å². The second-order valence-electron chi connectivity index (χ2n) is 4.07. The quantitative estimate of drug-likeness (QED) is 0.480. The molecule has 0 fully saturated rings. The number of rotatable bonds is 6. The summed E-state index contributed by atoms with van der Waals surface area (Å²) < 4.78 is 30.0. The highest BCUT2D eigenvalue weighted by Gasteiger charge is 2.24. The number of carbonyl (C=O) groups excluding carboxylic acids is 2. The Labute approximate surface area is 118 Å². The summed E-state index contributed by atoms with van der Waals surface area (Å²) in [6, 6.07) is 5.39. The van der Waals surface area contributed by atoms with Gasteiger partial charge in [0.1, 0.15) is 5.92 Å². The molecule has 20 heavy (non-hydrogen) atoms. The fourth-order valence-corrected chi connectivity index (χ4v) is 2.27. The molecule has 0 aliphatic rings. The Morgan fingerprint density at radius 3 is 2.25 bits per heavy atom. The maximum Gasteiger partial charge on any atom is 0.316 e. The van der Waals surface area contributed by atoms with Crippen LogP contribution in [0, 0.1) is 5.92 Å². The predicted octanol–water partition coefficient (Wildman–Crippen LogP) is 0.977. The Kier molecular flexibility index (Phi) is 5.41. The lowest BCUT2D eigenvalue weighted by Gasteiger charge is -2.10. The van der Waals surface area contributed by atoms with Crippen LogP contribution in [0.25, 0.3) is 0 Å². The standard InChI is InChI=1S/C13H17NO5S/c1-4-19-13(16)9(2)12(15)10-5-7-11(8-6-10)20(17,18)14-3/h5-9,14H,4H2,1-3H3. The number of esters is 1. The Hall–Kier alpha value is -1.73. The van der Waals surface area contributed by atoms with Crippen LogP contribution in [-0.2, 0) is 19.6 Å². The van der Waals surface area contributed by atoms with Gasteiger partial charge in [-0.25, -0.2) is 13.1 Å². The molecule has 0 spiro atoms. The molecule has 1 aromatic carbocycles. The number of ketones is 1. The van der Waals surface area contributed by atoms with Gasteiger partial charge in [0.2, 0.25) is 10.0 Å². The van der Waals surface area contributed by atoms with E-state index in [0.29, 0.717) is 0 Å². The molecule has 0 radical (unpaired) electrons. The summed E-state index contributed by atoms with van der Waals surface area (Å²) in [7, 11) is -2.24. The number of Topliss-reactive ketones (excluding diaryl/α,β-unsaturated/α-hetero) is 1. The summed E-state index contributed by atoms with van der Waals surface area (Å²) in [6.45, 7) is 3.32. The molecule has 0 heterocycles. The molecule has 0 amide bonds. The van der Waals surface area contributed by atoms with Gasteiger partial charge in [-0.2, -0.15) is 0 Å². The second-order valence-corrected chi connectivity index (χ2v) is 5.96. The van der Waals surface area contributed by atoms with Crippen molar-refractivity contribution in [2.45, 2.75) is 18.7 Å². The van der Waals surface area contributed by atoms with E-state index in [1.165, 1.54) is 38.2 Å². The van der Waals surface area contributed by atoms with E-state index in [1.807, 2.05) is 0 Å². The first-order valence-corrected chi connectivity index (χ1v) is 7.56. The molecule has 1 aromatic rings. The highest BCUT2D eigenvalue weighted by molar-refractivity contribution is 7.89. The van der Waals surface area contributed by atoms with Crippen molar-refractivity contribution in [1.29, 1.82) is 0 Å². The van der Waals surface area contributed by atoms with E-state index >= 15 is 0 Å². The van der Waals surface area contributed by atoms with Crippen LogP contribution in [0.3, 0.4) is 0 Å². The summed E-state index contributed by atoms with van der Waals surface area (Å²) in [5.41, 5.74) is 0.264. The van der Waals surface area contributed by atoms with Gasteiger partial charge in [-0.1, -0.05) is 12.1 Å². The summed E-state index contributed by atoms with van der Waals surface area (Å²) in [5.74, 6) is -1.91. The number of nitrogens with one attached hydrogen (secondary N) is 1. The van der Waals surface area contributed by atoms with Gasteiger partial charge in [0.15, 0.2) is 5.78 Å². The van der Waals surface area contributed by atoms with Crippen molar-refractivity contribution >= 4 is 21.8 Å². The molecule has 0 saturated heterocycles. The van der Waals surface area contributed by atoms with Crippen molar-refractivity contribution < 1.29 is 22.7 Å². The smallest absolute Gasteiger partial charge is 0.316 e. The second kappa shape index (κ2) is 6.62.